The van der Waals surface area contributed by atoms with Gasteiger partial charge in [-0.3, -0.25) is 9.69 Å². The van der Waals surface area contributed by atoms with E-state index in [4.69, 9.17) is 0 Å². The number of fused-ring (bicyclic) bond motifs is 1. The van der Waals surface area contributed by atoms with Crippen LogP contribution in [0.3, 0.4) is 0 Å². The molecule has 0 spiro atoms. The lowest BCUT2D eigenvalue weighted by molar-refractivity contribution is -0.149. The molecule has 0 unspecified atom stereocenters. The number of carboxylic acids is 1. The Labute approximate surface area is 119 Å². The molecule has 3 nitrogen and oxygen atoms in total. The molecule has 1 saturated carbocycles. The van der Waals surface area contributed by atoms with Crippen molar-refractivity contribution in [2.45, 2.75) is 25.8 Å². The number of likely N-dealkylation sites (tertiary alicyclic amines) is 1. The van der Waals surface area contributed by atoms with Gasteiger partial charge in [-0.2, -0.15) is 0 Å². The summed E-state index contributed by atoms with van der Waals surface area (Å²) in [5, 5.41) is 9.53. The van der Waals surface area contributed by atoms with Crippen molar-refractivity contribution >= 4 is 33.2 Å². The third kappa shape index (κ3) is 2.02. The number of aliphatic carboxylic acids is 1. The van der Waals surface area contributed by atoms with Crippen LogP contribution in [0.15, 0.2) is 15.9 Å². The number of carboxylic acid groups (broad SMARTS) is 1. The largest absolute Gasteiger partial charge is 0.481 e. The van der Waals surface area contributed by atoms with Crippen LogP contribution < -0.4 is 0 Å². The van der Waals surface area contributed by atoms with Crippen LogP contribution in [0.4, 0.5) is 0 Å². The Balaban J connectivity index is 1.73. The molecule has 3 rings (SSSR count). The Morgan fingerprint density at radius 3 is 3.06 bits per heavy atom. The van der Waals surface area contributed by atoms with Gasteiger partial charge < -0.3 is 5.11 Å². The van der Waals surface area contributed by atoms with Gasteiger partial charge >= 0.3 is 5.97 Å². The quantitative estimate of drug-likeness (QED) is 0.925. The molecule has 1 aliphatic carbocycles. The highest BCUT2D eigenvalue weighted by molar-refractivity contribution is 9.11. The first-order valence-corrected chi connectivity index (χ1v) is 7.91. The van der Waals surface area contributed by atoms with E-state index in [0.29, 0.717) is 5.92 Å². The lowest BCUT2D eigenvalue weighted by Gasteiger charge is -2.23. The van der Waals surface area contributed by atoms with Crippen LogP contribution >= 0.6 is 27.3 Å². The van der Waals surface area contributed by atoms with Crippen LogP contribution in [0.5, 0.6) is 0 Å². The van der Waals surface area contributed by atoms with E-state index < -0.39 is 11.4 Å². The molecule has 2 aliphatic rings. The lowest BCUT2D eigenvalue weighted by atomic mass is 9.81. The monoisotopic (exact) mass is 329 g/mol. The second-order valence-corrected chi connectivity index (χ2v) is 7.97. The van der Waals surface area contributed by atoms with E-state index in [2.05, 4.69) is 33.0 Å². The number of nitrogens with zero attached hydrogens (tertiary/aromatic N) is 1. The Bertz CT molecular complexity index is 475. The molecule has 1 aliphatic heterocycles. The van der Waals surface area contributed by atoms with E-state index in [1.54, 1.807) is 11.3 Å². The Morgan fingerprint density at radius 2 is 2.44 bits per heavy atom. The number of carbonyl (C=O) groups is 1. The maximum absolute atomic E-state index is 11.6. The standard InChI is InChI=1S/C13H16BrNO2S/c14-11-4-3-10(18-11)7-15-6-9-2-1-5-13(9,8-15)12(16)17/h3-4,9H,1-2,5-8H2,(H,16,17)/t9-,13+/m0/s1. The van der Waals surface area contributed by atoms with E-state index in [9.17, 15) is 9.90 Å². The molecular formula is C13H16BrNO2S. The highest BCUT2D eigenvalue weighted by Gasteiger charge is 2.54. The predicted molar refractivity (Wildman–Crippen MR) is 74.7 cm³/mol. The van der Waals surface area contributed by atoms with Gasteiger partial charge in [0.05, 0.1) is 9.20 Å². The van der Waals surface area contributed by atoms with Crippen molar-refractivity contribution in [3.63, 3.8) is 0 Å². The first-order valence-electron chi connectivity index (χ1n) is 6.30. The van der Waals surface area contributed by atoms with E-state index in [1.807, 2.05) is 0 Å². The summed E-state index contributed by atoms with van der Waals surface area (Å²) in [4.78, 5) is 15.2. The highest BCUT2D eigenvalue weighted by atomic mass is 79.9. The van der Waals surface area contributed by atoms with Crippen LogP contribution in [0, 0.1) is 11.3 Å². The van der Waals surface area contributed by atoms with Crippen molar-refractivity contribution in [3.05, 3.63) is 20.8 Å². The van der Waals surface area contributed by atoms with Gasteiger partial charge in [-0.25, -0.2) is 0 Å². The highest BCUT2D eigenvalue weighted by Crippen LogP contribution is 2.49. The second kappa shape index (κ2) is 4.62. The normalized spacial score (nSPS) is 31.7. The van der Waals surface area contributed by atoms with Crippen LogP contribution in [-0.4, -0.2) is 29.1 Å². The van der Waals surface area contributed by atoms with Gasteiger partial charge in [0.15, 0.2) is 0 Å². The second-order valence-electron chi connectivity index (χ2n) is 5.43. The van der Waals surface area contributed by atoms with Gasteiger partial charge in [0.1, 0.15) is 0 Å². The van der Waals surface area contributed by atoms with Crippen molar-refractivity contribution in [2.75, 3.05) is 13.1 Å². The number of halogens is 1. The summed E-state index contributed by atoms with van der Waals surface area (Å²) < 4.78 is 1.14. The smallest absolute Gasteiger partial charge is 0.311 e. The molecule has 0 aromatic carbocycles. The third-order valence-corrected chi connectivity index (χ3v) is 5.98. The maximum Gasteiger partial charge on any atom is 0.311 e. The van der Waals surface area contributed by atoms with E-state index >= 15 is 0 Å². The zero-order valence-corrected chi connectivity index (χ0v) is 12.5. The molecule has 1 N–H and O–H groups in total. The fourth-order valence-corrected chi connectivity index (χ4v) is 5.05. The van der Waals surface area contributed by atoms with Crippen LogP contribution in [0.2, 0.25) is 0 Å². The molecule has 0 radical (unpaired) electrons. The minimum atomic E-state index is -0.583. The fraction of sp³-hybridized carbons (Fsp3) is 0.615. The number of rotatable bonds is 3. The average molecular weight is 330 g/mol. The van der Waals surface area contributed by atoms with E-state index in [-0.39, 0.29) is 0 Å². The maximum atomic E-state index is 11.6. The minimum Gasteiger partial charge on any atom is -0.481 e. The van der Waals surface area contributed by atoms with Crippen molar-refractivity contribution in [1.82, 2.24) is 4.90 Å². The molecule has 1 saturated heterocycles. The van der Waals surface area contributed by atoms with Gasteiger partial charge in [0, 0.05) is 24.5 Å². The van der Waals surface area contributed by atoms with Gasteiger partial charge in [-0.15, -0.1) is 11.3 Å². The number of hydrogen-bond acceptors (Lipinski definition) is 3. The molecule has 2 atom stereocenters. The van der Waals surface area contributed by atoms with Gasteiger partial charge in [-0.1, -0.05) is 6.42 Å². The van der Waals surface area contributed by atoms with E-state index in [1.165, 1.54) is 4.88 Å². The molecule has 2 fully saturated rings. The van der Waals surface area contributed by atoms with Gasteiger partial charge in [0.25, 0.3) is 0 Å². The molecule has 0 bridgehead atoms. The summed E-state index contributed by atoms with van der Waals surface area (Å²) in [7, 11) is 0. The predicted octanol–water partition coefficient (Wildman–Crippen LogP) is 3.20. The topological polar surface area (TPSA) is 40.5 Å². The van der Waals surface area contributed by atoms with Crippen molar-refractivity contribution in [1.29, 1.82) is 0 Å². The van der Waals surface area contributed by atoms with Crippen LogP contribution in [0.25, 0.3) is 0 Å². The Hall–Kier alpha value is -0.390. The summed E-state index contributed by atoms with van der Waals surface area (Å²) in [6.45, 7) is 2.56. The van der Waals surface area contributed by atoms with Crippen LogP contribution in [-0.2, 0) is 11.3 Å². The molecule has 2 heterocycles. The van der Waals surface area contributed by atoms with Gasteiger partial charge in [-0.05, 0) is 46.8 Å². The molecule has 1 aromatic heterocycles. The number of hydrogen-bond donors (Lipinski definition) is 1. The van der Waals surface area contributed by atoms with Crippen molar-refractivity contribution < 1.29 is 9.90 Å². The molecular weight excluding hydrogens is 314 g/mol. The summed E-state index contributed by atoms with van der Waals surface area (Å²) in [5.41, 5.74) is -0.450. The van der Waals surface area contributed by atoms with Gasteiger partial charge in [0.2, 0.25) is 0 Å². The molecule has 98 valence electrons. The summed E-state index contributed by atoms with van der Waals surface area (Å²) >= 11 is 5.21. The van der Waals surface area contributed by atoms with Crippen molar-refractivity contribution in [2.24, 2.45) is 11.3 Å². The zero-order chi connectivity index (χ0) is 12.8. The number of thiophene rings is 1. The first-order chi connectivity index (χ1) is 8.60. The zero-order valence-electron chi connectivity index (χ0n) is 10.1. The molecule has 18 heavy (non-hydrogen) atoms. The molecule has 5 heteroatoms. The Kier molecular flexibility index (Phi) is 3.24. The van der Waals surface area contributed by atoms with E-state index in [0.717, 1.165) is 42.7 Å². The molecule has 0 amide bonds. The third-order valence-electron chi connectivity index (χ3n) is 4.38. The average Bonchev–Trinajstić information content (AvgIpc) is 2.93. The summed E-state index contributed by atoms with van der Waals surface area (Å²) in [6.07, 6.45) is 3.02. The first kappa shape index (κ1) is 12.6. The Morgan fingerprint density at radius 1 is 1.61 bits per heavy atom. The lowest BCUT2D eigenvalue weighted by Crippen LogP contribution is -2.35. The minimum absolute atomic E-state index is 0.360. The summed E-state index contributed by atoms with van der Waals surface area (Å²) in [6, 6.07) is 4.18. The summed E-state index contributed by atoms with van der Waals surface area (Å²) in [5.74, 6) is -0.224. The molecule has 1 aromatic rings. The SMILES string of the molecule is O=C(O)[C@@]12CCC[C@H]1CN(Cc1ccc(Br)s1)C2. The van der Waals surface area contributed by atoms with Crippen molar-refractivity contribution in [3.8, 4) is 0 Å². The van der Waals surface area contributed by atoms with Crippen LogP contribution in [0.1, 0.15) is 24.1 Å². The fourth-order valence-electron chi connectivity index (χ4n) is 3.52.